The Bertz CT molecular complexity index is 224. The molecule has 0 spiro atoms. The third kappa shape index (κ3) is 4.62. The number of carbonyl (C=O) groups excluding carboxylic acids is 1. The number of ether oxygens (including phenoxy) is 1. The molecular weight excluding hydrogens is 194 g/mol. The highest BCUT2D eigenvalue weighted by molar-refractivity contribution is 5.76. The predicted octanol–water partition coefficient (Wildman–Crippen LogP) is 0.689. The molecule has 1 rings (SSSR count). The number of aliphatic hydroxyl groups excluding tert-OH is 1. The fourth-order valence-corrected chi connectivity index (χ4v) is 1.39. The van der Waals surface area contributed by atoms with Crippen LogP contribution in [0.4, 0.5) is 0 Å². The van der Waals surface area contributed by atoms with Gasteiger partial charge in [0.05, 0.1) is 18.1 Å². The van der Waals surface area contributed by atoms with E-state index in [-0.39, 0.29) is 12.0 Å². The van der Waals surface area contributed by atoms with E-state index in [1.807, 2.05) is 13.8 Å². The topological polar surface area (TPSA) is 58.6 Å². The highest BCUT2D eigenvalue weighted by atomic mass is 16.5. The Hall–Kier alpha value is -0.610. The molecule has 4 heteroatoms. The molecule has 4 nitrogen and oxygen atoms in total. The third-order valence-electron chi connectivity index (χ3n) is 2.81. The average Bonchev–Trinajstić information content (AvgIpc) is 2.96. The van der Waals surface area contributed by atoms with Crippen molar-refractivity contribution >= 4 is 5.91 Å². The van der Waals surface area contributed by atoms with Gasteiger partial charge in [-0.2, -0.15) is 0 Å². The molecule has 0 aliphatic heterocycles. The maximum absolute atomic E-state index is 11.5. The minimum atomic E-state index is -0.436. The number of nitrogens with one attached hydrogen (secondary N) is 1. The minimum absolute atomic E-state index is 0.0680. The molecule has 0 aromatic rings. The number of hydrogen-bond acceptors (Lipinski definition) is 3. The zero-order chi connectivity index (χ0) is 11.5. The van der Waals surface area contributed by atoms with Crippen molar-refractivity contribution in [3.8, 4) is 0 Å². The van der Waals surface area contributed by atoms with Gasteiger partial charge in [0, 0.05) is 13.7 Å². The summed E-state index contributed by atoms with van der Waals surface area (Å²) in [6.07, 6.45) is 2.11. The van der Waals surface area contributed by atoms with Gasteiger partial charge in [-0.25, -0.2) is 0 Å². The molecule has 0 radical (unpaired) electrons. The van der Waals surface area contributed by atoms with Crippen LogP contribution in [0.3, 0.4) is 0 Å². The second-order valence-electron chi connectivity index (χ2n) is 4.85. The maximum Gasteiger partial charge on any atom is 0.222 e. The summed E-state index contributed by atoms with van der Waals surface area (Å²) in [4.78, 5) is 11.5. The summed E-state index contributed by atoms with van der Waals surface area (Å²) in [6.45, 7) is 4.09. The van der Waals surface area contributed by atoms with Gasteiger partial charge in [-0.05, 0) is 32.6 Å². The highest BCUT2D eigenvalue weighted by Crippen LogP contribution is 2.32. The van der Waals surface area contributed by atoms with Gasteiger partial charge in [0.15, 0.2) is 0 Å². The molecule has 88 valence electrons. The molecule has 0 aromatic carbocycles. The summed E-state index contributed by atoms with van der Waals surface area (Å²) in [7, 11) is 1.59. The largest absolute Gasteiger partial charge is 0.391 e. The number of amides is 1. The summed E-state index contributed by atoms with van der Waals surface area (Å²) in [5.74, 6) is 0.335. The van der Waals surface area contributed by atoms with Gasteiger partial charge in [0.1, 0.15) is 0 Å². The van der Waals surface area contributed by atoms with Crippen LogP contribution in [0.15, 0.2) is 0 Å². The zero-order valence-electron chi connectivity index (χ0n) is 9.75. The Kier molecular flexibility index (Phi) is 4.11. The lowest BCUT2D eigenvalue weighted by molar-refractivity contribution is -0.126. The number of hydrogen-bond donors (Lipinski definition) is 2. The van der Waals surface area contributed by atoms with Crippen LogP contribution in [0.25, 0.3) is 0 Å². The van der Waals surface area contributed by atoms with E-state index >= 15 is 0 Å². The Morgan fingerprint density at radius 1 is 1.60 bits per heavy atom. The van der Waals surface area contributed by atoms with Crippen molar-refractivity contribution in [1.29, 1.82) is 0 Å². The second kappa shape index (κ2) is 4.94. The maximum atomic E-state index is 11.5. The number of rotatable bonds is 6. The average molecular weight is 215 g/mol. The third-order valence-corrected chi connectivity index (χ3v) is 2.81. The van der Waals surface area contributed by atoms with Crippen LogP contribution >= 0.6 is 0 Å². The fraction of sp³-hybridized carbons (Fsp3) is 0.909. The van der Waals surface area contributed by atoms with E-state index < -0.39 is 5.60 Å². The first kappa shape index (κ1) is 12.5. The Morgan fingerprint density at radius 3 is 2.67 bits per heavy atom. The van der Waals surface area contributed by atoms with Gasteiger partial charge in [0.2, 0.25) is 5.91 Å². The smallest absolute Gasteiger partial charge is 0.222 e. The van der Waals surface area contributed by atoms with Crippen LogP contribution in [0, 0.1) is 5.92 Å². The normalized spacial score (nSPS) is 18.7. The van der Waals surface area contributed by atoms with Gasteiger partial charge in [-0.15, -0.1) is 0 Å². The molecule has 0 saturated heterocycles. The van der Waals surface area contributed by atoms with Gasteiger partial charge in [0.25, 0.3) is 0 Å². The van der Waals surface area contributed by atoms with E-state index in [1.54, 1.807) is 7.11 Å². The summed E-state index contributed by atoms with van der Waals surface area (Å²) < 4.78 is 5.15. The SMILES string of the molecule is COC(C)(C)CC(=O)NCC(O)C1CC1. The number of carbonyl (C=O) groups is 1. The first-order chi connectivity index (χ1) is 6.94. The van der Waals surface area contributed by atoms with Crippen molar-refractivity contribution in [3.63, 3.8) is 0 Å². The van der Waals surface area contributed by atoms with Crippen LogP contribution in [0.1, 0.15) is 33.1 Å². The fourth-order valence-electron chi connectivity index (χ4n) is 1.39. The van der Waals surface area contributed by atoms with Crippen LogP contribution in [0.2, 0.25) is 0 Å². The van der Waals surface area contributed by atoms with E-state index in [4.69, 9.17) is 4.74 Å². The highest BCUT2D eigenvalue weighted by Gasteiger charge is 2.30. The van der Waals surface area contributed by atoms with Crippen LogP contribution in [-0.4, -0.2) is 36.4 Å². The standard InChI is InChI=1S/C11H21NO3/c1-11(2,15-3)6-10(14)12-7-9(13)8-4-5-8/h8-9,13H,4-7H2,1-3H3,(H,12,14). The monoisotopic (exact) mass is 215 g/mol. The van der Waals surface area contributed by atoms with Crippen molar-refractivity contribution in [1.82, 2.24) is 5.32 Å². The Labute approximate surface area is 91.0 Å². The van der Waals surface area contributed by atoms with E-state index in [2.05, 4.69) is 5.32 Å². The molecule has 0 bridgehead atoms. The van der Waals surface area contributed by atoms with Crippen molar-refractivity contribution in [2.45, 2.75) is 44.8 Å². The summed E-state index contributed by atoms with van der Waals surface area (Å²) in [5, 5.41) is 12.3. The van der Waals surface area contributed by atoms with Crippen molar-refractivity contribution in [2.24, 2.45) is 5.92 Å². The molecule has 1 aliphatic carbocycles. The summed E-state index contributed by atoms with van der Waals surface area (Å²) in [6, 6.07) is 0. The van der Waals surface area contributed by atoms with Crippen LogP contribution in [-0.2, 0) is 9.53 Å². The van der Waals surface area contributed by atoms with Crippen molar-refractivity contribution in [3.05, 3.63) is 0 Å². The molecule has 15 heavy (non-hydrogen) atoms. The first-order valence-electron chi connectivity index (χ1n) is 5.44. The first-order valence-corrected chi connectivity index (χ1v) is 5.44. The molecule has 0 heterocycles. The van der Waals surface area contributed by atoms with Gasteiger partial charge in [-0.1, -0.05) is 0 Å². The van der Waals surface area contributed by atoms with Gasteiger partial charge >= 0.3 is 0 Å². The second-order valence-corrected chi connectivity index (χ2v) is 4.85. The minimum Gasteiger partial charge on any atom is -0.391 e. The van der Waals surface area contributed by atoms with Crippen molar-refractivity contribution < 1.29 is 14.6 Å². The zero-order valence-corrected chi connectivity index (χ0v) is 9.75. The number of aliphatic hydroxyl groups is 1. The molecule has 1 fully saturated rings. The molecule has 1 aliphatic rings. The van der Waals surface area contributed by atoms with Crippen LogP contribution in [0.5, 0.6) is 0 Å². The molecule has 1 saturated carbocycles. The molecule has 1 atom stereocenters. The Morgan fingerprint density at radius 2 is 2.20 bits per heavy atom. The van der Waals surface area contributed by atoms with E-state index in [9.17, 15) is 9.90 Å². The number of methoxy groups -OCH3 is 1. The van der Waals surface area contributed by atoms with E-state index in [1.165, 1.54) is 0 Å². The van der Waals surface area contributed by atoms with Gasteiger partial charge < -0.3 is 15.2 Å². The Balaban J connectivity index is 2.17. The quantitative estimate of drug-likeness (QED) is 0.685. The molecule has 1 amide bonds. The summed E-state index contributed by atoms with van der Waals surface area (Å²) >= 11 is 0. The van der Waals surface area contributed by atoms with E-state index in [0.29, 0.717) is 18.9 Å². The summed E-state index contributed by atoms with van der Waals surface area (Å²) in [5.41, 5.74) is -0.436. The lowest BCUT2D eigenvalue weighted by Crippen LogP contribution is -2.38. The molecular formula is C11H21NO3. The van der Waals surface area contributed by atoms with E-state index in [0.717, 1.165) is 12.8 Å². The molecule has 2 N–H and O–H groups in total. The van der Waals surface area contributed by atoms with Crippen LogP contribution < -0.4 is 5.32 Å². The molecule has 0 aromatic heterocycles. The lowest BCUT2D eigenvalue weighted by atomic mass is 10.0. The predicted molar refractivity (Wildman–Crippen MR) is 57.4 cm³/mol. The van der Waals surface area contributed by atoms with Gasteiger partial charge in [-0.3, -0.25) is 4.79 Å². The molecule has 1 unspecified atom stereocenters. The van der Waals surface area contributed by atoms with Crippen molar-refractivity contribution in [2.75, 3.05) is 13.7 Å². The lowest BCUT2D eigenvalue weighted by Gasteiger charge is -2.22.